The molecule has 0 spiro atoms. The van der Waals surface area contributed by atoms with Crippen LogP contribution < -0.4 is 10.6 Å². The van der Waals surface area contributed by atoms with Crippen molar-refractivity contribution in [2.45, 2.75) is 25.3 Å². The molecule has 0 aliphatic rings. The fourth-order valence-electron chi connectivity index (χ4n) is 3.27. The molecule has 34 heavy (non-hydrogen) atoms. The van der Waals surface area contributed by atoms with Gasteiger partial charge in [0.25, 0.3) is 11.8 Å². The van der Waals surface area contributed by atoms with Gasteiger partial charge in [-0.25, -0.2) is 17.1 Å². The average molecular weight is 484 g/mol. The topological polar surface area (TPSA) is 95.6 Å². The van der Waals surface area contributed by atoms with Gasteiger partial charge in [0, 0.05) is 37.5 Å². The van der Waals surface area contributed by atoms with E-state index in [0.29, 0.717) is 22.4 Å². The molecule has 0 saturated carbocycles. The molecule has 0 fully saturated rings. The van der Waals surface area contributed by atoms with Crippen LogP contribution in [0.5, 0.6) is 0 Å². The molecule has 9 heteroatoms. The van der Waals surface area contributed by atoms with Gasteiger partial charge in [-0.15, -0.1) is 0 Å². The SMILES string of the molecule is Cc1cc(C(=O)NCc2cccc(NC(=O)c3ccc(F)cc3)c2)cc(S(=O)(=O)N(C)C)c1C. The van der Waals surface area contributed by atoms with Gasteiger partial charge in [0.15, 0.2) is 0 Å². The first-order valence-corrected chi connectivity index (χ1v) is 11.9. The summed E-state index contributed by atoms with van der Waals surface area (Å²) in [5.41, 5.74) is 3.10. The standard InChI is InChI=1S/C25H26FN3O4S/c1-16-12-20(14-23(17(16)2)34(32,33)29(3)4)24(30)27-15-18-6-5-7-22(13-18)28-25(31)19-8-10-21(26)11-9-19/h5-14H,15H2,1-4H3,(H,27,30)(H,28,31). The molecule has 0 saturated heterocycles. The fourth-order valence-corrected chi connectivity index (χ4v) is 4.49. The molecule has 3 rings (SSSR count). The van der Waals surface area contributed by atoms with Crippen molar-refractivity contribution in [3.63, 3.8) is 0 Å². The Morgan fingerprint density at radius 3 is 2.24 bits per heavy atom. The Hall–Kier alpha value is -3.56. The van der Waals surface area contributed by atoms with E-state index >= 15 is 0 Å². The summed E-state index contributed by atoms with van der Waals surface area (Å²) in [5.74, 6) is -1.23. The molecule has 0 aliphatic heterocycles. The van der Waals surface area contributed by atoms with Gasteiger partial charge in [0.2, 0.25) is 10.0 Å². The highest BCUT2D eigenvalue weighted by molar-refractivity contribution is 7.89. The van der Waals surface area contributed by atoms with E-state index in [-0.39, 0.29) is 22.9 Å². The van der Waals surface area contributed by atoms with E-state index < -0.39 is 21.7 Å². The number of anilines is 1. The highest BCUT2D eigenvalue weighted by atomic mass is 32.2. The first-order chi connectivity index (χ1) is 16.0. The van der Waals surface area contributed by atoms with Crippen LogP contribution in [-0.2, 0) is 16.6 Å². The van der Waals surface area contributed by atoms with Crippen LogP contribution >= 0.6 is 0 Å². The van der Waals surface area contributed by atoms with Crippen LogP contribution in [0.25, 0.3) is 0 Å². The lowest BCUT2D eigenvalue weighted by atomic mass is 10.1. The quantitative estimate of drug-likeness (QED) is 0.533. The molecule has 0 unspecified atom stereocenters. The lowest BCUT2D eigenvalue weighted by molar-refractivity contribution is 0.0949. The molecule has 2 N–H and O–H groups in total. The Labute approximate surface area is 198 Å². The summed E-state index contributed by atoms with van der Waals surface area (Å²) in [6.45, 7) is 3.63. The minimum Gasteiger partial charge on any atom is -0.348 e. The minimum atomic E-state index is -3.70. The maximum absolute atomic E-state index is 13.1. The molecular weight excluding hydrogens is 457 g/mol. The summed E-state index contributed by atoms with van der Waals surface area (Å²) in [6, 6.07) is 15.2. The molecule has 2 amide bonds. The maximum atomic E-state index is 13.1. The zero-order valence-electron chi connectivity index (χ0n) is 19.3. The Morgan fingerprint density at radius 1 is 0.912 bits per heavy atom. The Morgan fingerprint density at radius 2 is 1.59 bits per heavy atom. The lowest BCUT2D eigenvalue weighted by Crippen LogP contribution is -2.26. The highest BCUT2D eigenvalue weighted by Crippen LogP contribution is 2.23. The molecule has 0 atom stereocenters. The number of aryl methyl sites for hydroxylation is 1. The molecule has 0 radical (unpaired) electrons. The number of hydrogen-bond donors (Lipinski definition) is 2. The van der Waals surface area contributed by atoms with Crippen molar-refractivity contribution in [2.75, 3.05) is 19.4 Å². The van der Waals surface area contributed by atoms with E-state index in [1.807, 2.05) is 0 Å². The number of carbonyl (C=O) groups excluding carboxylic acids is 2. The lowest BCUT2D eigenvalue weighted by Gasteiger charge is -2.16. The van der Waals surface area contributed by atoms with Crippen molar-refractivity contribution < 1.29 is 22.4 Å². The number of rotatable bonds is 7. The van der Waals surface area contributed by atoms with Crippen LogP contribution in [0.15, 0.2) is 65.6 Å². The summed E-state index contributed by atoms with van der Waals surface area (Å²) in [5, 5.41) is 5.53. The van der Waals surface area contributed by atoms with Crippen LogP contribution in [0.3, 0.4) is 0 Å². The van der Waals surface area contributed by atoms with Crippen LogP contribution in [0, 0.1) is 19.7 Å². The van der Waals surface area contributed by atoms with Crippen LogP contribution in [-0.4, -0.2) is 38.6 Å². The number of sulfonamides is 1. The first kappa shape index (κ1) is 25.1. The molecule has 0 aromatic heterocycles. The normalized spacial score (nSPS) is 11.4. The second kappa shape index (κ2) is 10.1. The van der Waals surface area contributed by atoms with Gasteiger partial charge in [0.05, 0.1) is 4.90 Å². The number of amides is 2. The van der Waals surface area contributed by atoms with Crippen molar-refractivity contribution in [1.29, 1.82) is 0 Å². The van der Waals surface area contributed by atoms with Gasteiger partial charge >= 0.3 is 0 Å². The fraction of sp³-hybridized carbons (Fsp3) is 0.200. The van der Waals surface area contributed by atoms with E-state index in [9.17, 15) is 22.4 Å². The van der Waals surface area contributed by atoms with Gasteiger partial charge < -0.3 is 10.6 Å². The maximum Gasteiger partial charge on any atom is 0.255 e. The predicted octanol–water partition coefficient (Wildman–Crippen LogP) is 3.88. The zero-order chi connectivity index (χ0) is 25.0. The van der Waals surface area contributed by atoms with E-state index in [1.165, 1.54) is 44.4 Å². The van der Waals surface area contributed by atoms with Crippen molar-refractivity contribution in [2.24, 2.45) is 0 Å². The first-order valence-electron chi connectivity index (χ1n) is 10.5. The Bertz CT molecular complexity index is 1340. The van der Waals surface area contributed by atoms with Crippen molar-refractivity contribution >= 4 is 27.5 Å². The summed E-state index contributed by atoms with van der Waals surface area (Å²) in [6.07, 6.45) is 0. The van der Waals surface area contributed by atoms with Crippen molar-refractivity contribution in [1.82, 2.24) is 9.62 Å². The molecular formula is C25H26FN3O4S. The highest BCUT2D eigenvalue weighted by Gasteiger charge is 2.23. The number of nitrogens with zero attached hydrogens (tertiary/aromatic N) is 1. The van der Waals surface area contributed by atoms with Crippen molar-refractivity contribution in [3.05, 3.63) is 94.3 Å². The van der Waals surface area contributed by atoms with E-state index in [2.05, 4.69) is 10.6 Å². The van der Waals surface area contributed by atoms with Gasteiger partial charge in [-0.1, -0.05) is 12.1 Å². The second-order valence-corrected chi connectivity index (χ2v) is 10.2. The van der Waals surface area contributed by atoms with Gasteiger partial charge in [-0.05, 0) is 79.1 Å². The summed E-state index contributed by atoms with van der Waals surface area (Å²) in [4.78, 5) is 25.2. The molecule has 3 aromatic carbocycles. The van der Waals surface area contributed by atoms with Crippen LogP contribution in [0.2, 0.25) is 0 Å². The number of nitrogens with one attached hydrogen (secondary N) is 2. The Kier molecular flexibility index (Phi) is 7.48. The smallest absolute Gasteiger partial charge is 0.255 e. The summed E-state index contributed by atoms with van der Waals surface area (Å²) >= 11 is 0. The third-order valence-corrected chi connectivity index (χ3v) is 7.33. The van der Waals surface area contributed by atoms with Crippen molar-refractivity contribution in [3.8, 4) is 0 Å². The van der Waals surface area contributed by atoms with Gasteiger partial charge in [-0.3, -0.25) is 9.59 Å². The molecule has 0 bridgehead atoms. The number of halogens is 1. The molecule has 0 heterocycles. The number of carbonyl (C=O) groups is 2. The van der Waals surface area contributed by atoms with E-state index in [0.717, 1.165) is 9.87 Å². The minimum absolute atomic E-state index is 0.0909. The molecule has 0 aliphatic carbocycles. The largest absolute Gasteiger partial charge is 0.348 e. The second-order valence-electron chi connectivity index (χ2n) is 8.05. The molecule has 178 valence electrons. The summed E-state index contributed by atoms with van der Waals surface area (Å²) in [7, 11) is -0.817. The third kappa shape index (κ3) is 5.67. The number of hydrogen-bond acceptors (Lipinski definition) is 4. The van der Waals surface area contributed by atoms with E-state index in [1.54, 1.807) is 44.2 Å². The van der Waals surface area contributed by atoms with Gasteiger partial charge in [0.1, 0.15) is 5.82 Å². The van der Waals surface area contributed by atoms with Crippen LogP contribution in [0.1, 0.15) is 37.4 Å². The van der Waals surface area contributed by atoms with E-state index in [4.69, 9.17) is 0 Å². The third-order valence-electron chi connectivity index (χ3n) is 5.38. The zero-order valence-corrected chi connectivity index (χ0v) is 20.2. The van der Waals surface area contributed by atoms with Gasteiger partial charge in [-0.2, -0.15) is 0 Å². The predicted molar refractivity (Wildman–Crippen MR) is 129 cm³/mol. The monoisotopic (exact) mass is 483 g/mol. The van der Waals surface area contributed by atoms with Crippen LogP contribution in [0.4, 0.5) is 10.1 Å². The Balaban J connectivity index is 1.73. The number of benzene rings is 3. The molecule has 3 aromatic rings. The summed E-state index contributed by atoms with van der Waals surface area (Å²) < 4.78 is 39.5. The average Bonchev–Trinajstić information content (AvgIpc) is 2.79. The molecule has 7 nitrogen and oxygen atoms in total.